The number of nitrogens with one attached hydrogen (secondary N) is 1. The fourth-order valence-corrected chi connectivity index (χ4v) is 3.99. The average molecular weight is 448 g/mol. The number of nitrogens with zero attached hydrogens (tertiary/aromatic N) is 3. The first-order valence-corrected chi connectivity index (χ1v) is 10.5. The molecule has 9 heteroatoms. The molecule has 0 spiro atoms. The molecule has 1 heterocycles. The smallest absolute Gasteiger partial charge is 0.412 e. The Bertz CT molecular complexity index is 1170. The van der Waals surface area contributed by atoms with Crippen molar-refractivity contribution in [1.82, 2.24) is 14.7 Å². The second-order valence-corrected chi connectivity index (χ2v) is 7.86. The third-order valence-electron chi connectivity index (χ3n) is 5.68. The molecule has 2 N–H and O–H groups in total. The van der Waals surface area contributed by atoms with Gasteiger partial charge in [0, 0.05) is 32.6 Å². The predicted molar refractivity (Wildman–Crippen MR) is 121 cm³/mol. The van der Waals surface area contributed by atoms with E-state index >= 15 is 0 Å². The van der Waals surface area contributed by atoms with Crippen molar-refractivity contribution in [3.63, 3.8) is 0 Å². The van der Waals surface area contributed by atoms with E-state index in [9.17, 15) is 14.4 Å². The van der Waals surface area contributed by atoms with Gasteiger partial charge in [-0.3, -0.25) is 19.6 Å². The molecule has 9 nitrogen and oxygen atoms in total. The van der Waals surface area contributed by atoms with E-state index in [2.05, 4.69) is 22.5 Å². The highest BCUT2D eigenvalue weighted by molar-refractivity contribution is 5.94. The van der Waals surface area contributed by atoms with Crippen molar-refractivity contribution in [2.75, 3.05) is 25.5 Å². The number of hydrogen-bond acceptors (Lipinski definition) is 5. The molecule has 0 radical (unpaired) electrons. The van der Waals surface area contributed by atoms with E-state index < -0.39 is 18.0 Å². The minimum atomic E-state index is -0.992. The van der Waals surface area contributed by atoms with Crippen molar-refractivity contribution >= 4 is 23.8 Å². The van der Waals surface area contributed by atoms with Crippen molar-refractivity contribution < 1.29 is 24.2 Å². The Labute approximate surface area is 190 Å². The molecule has 1 aliphatic rings. The number of benzene rings is 2. The minimum absolute atomic E-state index is 0.0554. The highest BCUT2D eigenvalue weighted by Crippen LogP contribution is 2.44. The van der Waals surface area contributed by atoms with Crippen LogP contribution in [0.5, 0.6) is 0 Å². The van der Waals surface area contributed by atoms with Crippen molar-refractivity contribution in [2.45, 2.75) is 12.3 Å². The number of fused-ring (bicyclic) bond motifs is 3. The van der Waals surface area contributed by atoms with Crippen LogP contribution in [0.4, 0.5) is 10.6 Å². The lowest BCUT2D eigenvalue weighted by Gasteiger charge is -2.14. The van der Waals surface area contributed by atoms with Crippen molar-refractivity contribution in [3.05, 3.63) is 71.4 Å². The molecule has 2 aromatic carbocycles. The van der Waals surface area contributed by atoms with Crippen LogP contribution in [-0.4, -0.2) is 58.0 Å². The zero-order valence-electron chi connectivity index (χ0n) is 18.3. The molecule has 0 atom stereocenters. The summed E-state index contributed by atoms with van der Waals surface area (Å²) in [6, 6.07) is 17.6. The first-order valence-electron chi connectivity index (χ1n) is 10.5. The van der Waals surface area contributed by atoms with Crippen molar-refractivity contribution in [1.29, 1.82) is 0 Å². The zero-order valence-corrected chi connectivity index (χ0v) is 18.3. The van der Waals surface area contributed by atoms with E-state index in [0.29, 0.717) is 5.82 Å². The summed E-state index contributed by atoms with van der Waals surface area (Å²) in [5.41, 5.74) is 4.61. The van der Waals surface area contributed by atoms with Crippen LogP contribution in [0.1, 0.15) is 34.0 Å². The van der Waals surface area contributed by atoms with Crippen LogP contribution in [-0.2, 0) is 16.6 Å². The number of ether oxygens (including phenoxy) is 1. The van der Waals surface area contributed by atoms with E-state index in [1.54, 1.807) is 7.05 Å². The van der Waals surface area contributed by atoms with Crippen LogP contribution in [0, 0.1) is 0 Å². The van der Waals surface area contributed by atoms with Gasteiger partial charge in [-0.25, -0.2) is 4.79 Å². The molecule has 1 aliphatic carbocycles. The molecule has 0 saturated heterocycles. The van der Waals surface area contributed by atoms with Gasteiger partial charge in [-0.2, -0.15) is 5.10 Å². The van der Waals surface area contributed by atoms with Crippen LogP contribution in [0.25, 0.3) is 11.1 Å². The fourth-order valence-electron chi connectivity index (χ4n) is 3.99. The number of aryl methyl sites for hydroxylation is 1. The van der Waals surface area contributed by atoms with Gasteiger partial charge in [-0.1, -0.05) is 48.5 Å². The summed E-state index contributed by atoms with van der Waals surface area (Å²) in [5.74, 6) is -1.20. The average Bonchev–Trinajstić information content (AvgIpc) is 3.33. The monoisotopic (exact) mass is 448 g/mol. The molecule has 0 fully saturated rings. The largest absolute Gasteiger partial charge is 0.481 e. The highest BCUT2D eigenvalue weighted by Gasteiger charge is 2.29. The van der Waals surface area contributed by atoms with Gasteiger partial charge >= 0.3 is 12.1 Å². The summed E-state index contributed by atoms with van der Waals surface area (Å²) >= 11 is 0. The van der Waals surface area contributed by atoms with E-state index in [4.69, 9.17) is 9.84 Å². The number of aliphatic carboxylic acids is 1. The molecular formula is C24H24N4O5. The molecule has 2 amide bonds. The summed E-state index contributed by atoms with van der Waals surface area (Å²) in [7, 11) is 3.09. The molecule has 0 unspecified atom stereocenters. The predicted octanol–water partition coefficient (Wildman–Crippen LogP) is 3.33. The maximum absolute atomic E-state index is 12.5. The minimum Gasteiger partial charge on any atom is -0.481 e. The summed E-state index contributed by atoms with van der Waals surface area (Å²) in [6.07, 6.45) is -0.821. The van der Waals surface area contributed by atoms with Gasteiger partial charge in [0.2, 0.25) is 0 Å². The first-order chi connectivity index (χ1) is 15.8. The summed E-state index contributed by atoms with van der Waals surface area (Å²) in [6.45, 7) is 0.224. The maximum atomic E-state index is 12.5. The van der Waals surface area contributed by atoms with Crippen LogP contribution in [0.15, 0.2) is 54.6 Å². The van der Waals surface area contributed by atoms with Gasteiger partial charge < -0.3 is 14.7 Å². The standard InChI is InChI=1S/C24H24N4O5/c1-27(12-11-22(29)30)23(31)20-13-21(28(2)26-20)25-24(32)33-14-19-17-9-5-3-7-15(17)16-8-4-6-10-18(16)19/h3-10,13,19H,11-12,14H2,1-2H3,(H,25,32)(H,29,30). The molecule has 0 saturated carbocycles. The second-order valence-electron chi connectivity index (χ2n) is 7.86. The number of carboxylic acid groups (broad SMARTS) is 1. The van der Waals surface area contributed by atoms with Gasteiger partial charge in [0.05, 0.1) is 6.42 Å². The normalized spacial score (nSPS) is 12.1. The Balaban J connectivity index is 1.40. The van der Waals surface area contributed by atoms with Crippen molar-refractivity contribution in [2.24, 2.45) is 7.05 Å². The topological polar surface area (TPSA) is 114 Å². The quantitative estimate of drug-likeness (QED) is 0.573. The number of carboxylic acids is 1. The lowest BCUT2D eigenvalue weighted by atomic mass is 9.98. The number of carbonyl (C=O) groups excluding carboxylic acids is 2. The second kappa shape index (κ2) is 9.15. The Morgan fingerprint density at radius 3 is 2.30 bits per heavy atom. The van der Waals surface area contributed by atoms with E-state index in [0.717, 1.165) is 22.3 Å². The molecule has 4 rings (SSSR count). The molecular weight excluding hydrogens is 424 g/mol. The maximum Gasteiger partial charge on any atom is 0.412 e. The molecule has 0 bridgehead atoms. The van der Waals surface area contributed by atoms with Crippen LogP contribution >= 0.6 is 0 Å². The highest BCUT2D eigenvalue weighted by atomic mass is 16.5. The number of anilines is 1. The summed E-state index contributed by atoms with van der Waals surface area (Å²) in [5, 5.41) is 15.5. The number of rotatable bonds is 7. The summed E-state index contributed by atoms with van der Waals surface area (Å²) < 4.78 is 6.89. The third-order valence-corrected chi connectivity index (χ3v) is 5.68. The zero-order chi connectivity index (χ0) is 23.5. The molecule has 3 aromatic rings. The Hall–Kier alpha value is -4.14. The number of hydrogen-bond donors (Lipinski definition) is 2. The summed E-state index contributed by atoms with van der Waals surface area (Å²) in [4.78, 5) is 36.9. The first kappa shape index (κ1) is 22.1. The Morgan fingerprint density at radius 2 is 1.70 bits per heavy atom. The number of amides is 2. The molecule has 170 valence electrons. The van der Waals surface area contributed by atoms with Crippen molar-refractivity contribution in [3.8, 4) is 11.1 Å². The Morgan fingerprint density at radius 1 is 1.09 bits per heavy atom. The third kappa shape index (κ3) is 4.57. The van der Waals surface area contributed by atoms with Gasteiger partial charge in [-0.05, 0) is 22.3 Å². The van der Waals surface area contributed by atoms with Gasteiger partial charge in [0.15, 0.2) is 5.69 Å². The molecule has 0 aliphatic heterocycles. The van der Waals surface area contributed by atoms with Crippen LogP contribution in [0.2, 0.25) is 0 Å². The van der Waals surface area contributed by atoms with E-state index in [1.807, 2.05) is 36.4 Å². The number of aromatic nitrogens is 2. The fraction of sp³-hybridized carbons (Fsp3) is 0.250. The molecule has 33 heavy (non-hydrogen) atoms. The van der Waals surface area contributed by atoms with E-state index in [-0.39, 0.29) is 31.2 Å². The Kier molecular flexibility index (Phi) is 6.12. The lowest BCUT2D eigenvalue weighted by molar-refractivity contribution is -0.137. The van der Waals surface area contributed by atoms with E-state index in [1.165, 1.54) is 22.7 Å². The number of carbonyl (C=O) groups is 3. The van der Waals surface area contributed by atoms with Gasteiger partial charge in [0.25, 0.3) is 5.91 Å². The van der Waals surface area contributed by atoms with Gasteiger partial charge in [-0.15, -0.1) is 0 Å². The SMILES string of the molecule is CN(CCC(=O)O)C(=O)c1cc(NC(=O)OCC2c3ccccc3-c3ccccc32)n(C)n1. The molecule has 1 aromatic heterocycles. The van der Waals surface area contributed by atoms with Crippen LogP contribution < -0.4 is 5.32 Å². The van der Waals surface area contributed by atoms with Gasteiger partial charge in [0.1, 0.15) is 12.4 Å². The lowest BCUT2D eigenvalue weighted by Crippen LogP contribution is -2.29. The van der Waals surface area contributed by atoms with Crippen LogP contribution in [0.3, 0.4) is 0 Å².